The average Bonchev–Trinajstić information content (AvgIpc) is 3.53. The second-order valence-electron chi connectivity index (χ2n) is 9.24. The molecule has 5 rings (SSSR count). The number of hydrogen-bond acceptors (Lipinski definition) is 7. The Labute approximate surface area is 244 Å². The first kappa shape index (κ1) is 27.6. The summed E-state index contributed by atoms with van der Waals surface area (Å²) in [7, 11) is 0. The third-order valence-electron chi connectivity index (χ3n) is 6.34. The Morgan fingerprint density at radius 2 is 1.63 bits per heavy atom. The van der Waals surface area contributed by atoms with Crippen LogP contribution in [0.1, 0.15) is 34.9 Å². The predicted molar refractivity (Wildman–Crippen MR) is 144 cm³/mol. The summed E-state index contributed by atoms with van der Waals surface area (Å²) in [5.74, 6) is -0.488. The minimum absolute atomic E-state index is 0.272. The van der Waals surface area contributed by atoms with Gasteiger partial charge in [0.15, 0.2) is 5.60 Å². The van der Waals surface area contributed by atoms with E-state index in [-0.39, 0.29) is 5.56 Å². The molecule has 43 heavy (non-hydrogen) atoms. The number of hydrogen-bond donors (Lipinski definition) is 1. The summed E-state index contributed by atoms with van der Waals surface area (Å²) in [5.41, 5.74) is -3.12. The topological polar surface area (TPSA) is 110 Å². The summed E-state index contributed by atoms with van der Waals surface area (Å²) < 4.78 is 74.6. The van der Waals surface area contributed by atoms with Crippen molar-refractivity contribution in [1.82, 2.24) is 25.2 Å². The van der Waals surface area contributed by atoms with Crippen LogP contribution < -0.4 is 4.74 Å². The quantitative estimate of drug-likeness (QED) is 0.204. The van der Waals surface area contributed by atoms with Crippen molar-refractivity contribution in [2.75, 3.05) is 0 Å². The zero-order valence-corrected chi connectivity index (χ0v) is 22.0. The number of tetrazole rings is 1. The second kappa shape index (κ2) is 12.1. The van der Waals surface area contributed by atoms with Gasteiger partial charge in [-0.25, -0.2) is 13.5 Å². The molecule has 0 radical (unpaired) electrons. The first-order chi connectivity index (χ1) is 21.1. The molecule has 1 unspecified atom stereocenters. The van der Waals surface area contributed by atoms with Gasteiger partial charge in [-0.1, -0.05) is 24.0 Å². The molecule has 5 aromatic rings. The molecule has 0 saturated heterocycles. The molecule has 0 aliphatic carbocycles. The Bertz CT molecular complexity index is 1850. The van der Waals surface area contributed by atoms with E-state index >= 15 is 8.78 Å². The number of aromatic nitrogens is 5. The Kier molecular flexibility index (Phi) is 7.76. The lowest BCUT2D eigenvalue weighted by Gasteiger charge is -2.35. The standard InChI is InChI=1S/C31H20F4N6O2/c32-25-10-13-27(28(33)15-25)30(42,19-41-20-38-39-40-41)31(34,35)29-14-9-23(17-37-29)4-1-21-7-11-26(12-8-21)43-18-24-5-2-22(16-36)3-6-24/h2-3,5-15,17,20,42H,18-19H2/t30-/m0/s1/i18D/t18?,30-. The fraction of sp³-hybridized carbons (Fsp3) is 0.129. The van der Waals surface area contributed by atoms with E-state index in [0.29, 0.717) is 28.5 Å². The SMILES string of the molecule is [2H]C(Oc1ccc(C#Cc2ccc(C(F)(F)[C@](O)(Cn3cnnn3)c3ccc(F)cc3F)nc2)cc1)c1ccc(C#N)cc1. The van der Waals surface area contributed by atoms with Crippen molar-refractivity contribution < 1.29 is 28.8 Å². The van der Waals surface area contributed by atoms with Gasteiger partial charge < -0.3 is 9.84 Å². The van der Waals surface area contributed by atoms with Crippen molar-refractivity contribution in [3.63, 3.8) is 0 Å². The van der Waals surface area contributed by atoms with Crippen LogP contribution in [-0.2, 0) is 24.7 Å². The van der Waals surface area contributed by atoms with Gasteiger partial charge in [-0.3, -0.25) is 4.98 Å². The molecule has 8 nitrogen and oxygen atoms in total. The summed E-state index contributed by atoms with van der Waals surface area (Å²) >= 11 is 0. The highest BCUT2D eigenvalue weighted by Gasteiger charge is 2.58. The molecule has 0 aliphatic heterocycles. The normalized spacial score (nSPS) is 13.5. The number of halogens is 4. The fourth-order valence-corrected chi connectivity index (χ4v) is 4.06. The molecule has 12 heteroatoms. The monoisotopic (exact) mass is 585 g/mol. The molecular weight excluding hydrogens is 564 g/mol. The van der Waals surface area contributed by atoms with Crippen LogP contribution in [0.3, 0.4) is 0 Å². The van der Waals surface area contributed by atoms with Crippen molar-refractivity contribution in [3.8, 4) is 23.7 Å². The summed E-state index contributed by atoms with van der Waals surface area (Å²) in [5, 5.41) is 30.4. The van der Waals surface area contributed by atoms with Gasteiger partial charge in [-0.2, -0.15) is 14.0 Å². The van der Waals surface area contributed by atoms with E-state index in [9.17, 15) is 13.9 Å². The summed E-state index contributed by atoms with van der Waals surface area (Å²) in [6, 6.07) is 19.1. The molecule has 0 bridgehead atoms. The zero-order chi connectivity index (χ0) is 31.3. The lowest BCUT2D eigenvalue weighted by Crippen LogP contribution is -2.48. The Hall–Kier alpha value is -5.59. The van der Waals surface area contributed by atoms with Crippen LogP contribution in [0.2, 0.25) is 0 Å². The maximum absolute atomic E-state index is 15.9. The highest BCUT2D eigenvalue weighted by atomic mass is 19.3. The van der Waals surface area contributed by atoms with E-state index in [2.05, 4.69) is 32.4 Å². The molecule has 0 fully saturated rings. The number of rotatable bonds is 8. The van der Waals surface area contributed by atoms with Gasteiger partial charge >= 0.3 is 5.92 Å². The minimum atomic E-state index is -4.19. The van der Waals surface area contributed by atoms with Crippen molar-refractivity contribution in [2.24, 2.45) is 0 Å². The van der Waals surface area contributed by atoms with Crippen molar-refractivity contribution in [1.29, 1.82) is 5.26 Å². The minimum Gasteiger partial charge on any atom is -0.489 e. The highest BCUT2D eigenvalue weighted by Crippen LogP contribution is 2.46. The number of nitrogens with zero attached hydrogens (tertiary/aromatic N) is 6. The smallest absolute Gasteiger partial charge is 0.323 e. The van der Waals surface area contributed by atoms with Crippen molar-refractivity contribution in [2.45, 2.75) is 24.7 Å². The molecule has 0 spiro atoms. The van der Waals surface area contributed by atoms with E-state index in [1.807, 2.05) is 6.07 Å². The van der Waals surface area contributed by atoms with Crippen LogP contribution in [0.5, 0.6) is 5.75 Å². The molecule has 1 N–H and O–H groups in total. The predicted octanol–water partition coefficient (Wildman–Crippen LogP) is 4.88. The summed E-state index contributed by atoms with van der Waals surface area (Å²) in [4.78, 5) is 3.79. The van der Waals surface area contributed by atoms with Gasteiger partial charge in [-0.15, -0.1) is 5.10 Å². The van der Waals surface area contributed by atoms with E-state index in [1.165, 1.54) is 6.07 Å². The maximum atomic E-state index is 15.9. The molecule has 0 aliphatic rings. The lowest BCUT2D eigenvalue weighted by atomic mass is 9.84. The molecular formula is C31H20F4N6O2. The molecule has 2 aromatic heterocycles. The number of aliphatic hydroxyl groups is 1. The Morgan fingerprint density at radius 1 is 0.930 bits per heavy atom. The first-order valence-corrected chi connectivity index (χ1v) is 12.5. The Balaban J connectivity index is 1.32. The second-order valence-corrected chi connectivity index (χ2v) is 9.24. The molecule has 2 atom stereocenters. The number of nitriles is 1. The molecule has 2 heterocycles. The largest absolute Gasteiger partial charge is 0.489 e. The number of benzene rings is 3. The average molecular weight is 586 g/mol. The van der Waals surface area contributed by atoms with Crippen LogP contribution in [0.15, 0.2) is 91.4 Å². The van der Waals surface area contributed by atoms with Gasteiger partial charge in [-0.05, 0) is 76.7 Å². The highest BCUT2D eigenvalue weighted by molar-refractivity contribution is 5.44. The van der Waals surface area contributed by atoms with Gasteiger partial charge in [0.2, 0.25) is 0 Å². The van der Waals surface area contributed by atoms with E-state index in [1.54, 1.807) is 48.5 Å². The number of alkyl halides is 2. The molecule has 214 valence electrons. The molecule has 0 amide bonds. The van der Waals surface area contributed by atoms with Crippen LogP contribution >= 0.6 is 0 Å². The summed E-state index contributed by atoms with van der Waals surface area (Å²) in [6.07, 6.45) is 2.04. The maximum Gasteiger partial charge on any atom is 0.323 e. The van der Waals surface area contributed by atoms with Crippen LogP contribution in [0.4, 0.5) is 17.6 Å². The zero-order valence-electron chi connectivity index (χ0n) is 23.0. The number of ether oxygens (including phenoxy) is 1. The third-order valence-corrected chi connectivity index (χ3v) is 6.34. The van der Waals surface area contributed by atoms with Crippen LogP contribution in [0, 0.1) is 34.8 Å². The van der Waals surface area contributed by atoms with Crippen LogP contribution in [-0.4, -0.2) is 30.3 Å². The summed E-state index contributed by atoms with van der Waals surface area (Å²) in [6.45, 7) is -1.97. The molecule has 3 aromatic carbocycles. The fourth-order valence-electron chi connectivity index (χ4n) is 4.06. The number of pyridine rings is 1. The Morgan fingerprint density at radius 3 is 2.26 bits per heavy atom. The van der Waals surface area contributed by atoms with Gasteiger partial charge in [0.05, 0.1) is 19.5 Å². The lowest BCUT2D eigenvalue weighted by molar-refractivity contribution is -0.207. The van der Waals surface area contributed by atoms with Crippen LogP contribution in [0.25, 0.3) is 0 Å². The van der Waals surface area contributed by atoms with Gasteiger partial charge in [0, 0.05) is 29.0 Å². The van der Waals surface area contributed by atoms with E-state index in [0.717, 1.165) is 35.4 Å². The molecule has 0 saturated carbocycles. The van der Waals surface area contributed by atoms with E-state index in [4.69, 9.17) is 11.4 Å². The van der Waals surface area contributed by atoms with Gasteiger partial charge in [0.25, 0.3) is 0 Å². The van der Waals surface area contributed by atoms with E-state index < -0.39 is 47.5 Å². The van der Waals surface area contributed by atoms with Gasteiger partial charge in [0.1, 0.15) is 36.0 Å². The van der Waals surface area contributed by atoms with Crippen molar-refractivity contribution >= 4 is 0 Å². The van der Waals surface area contributed by atoms with Crippen molar-refractivity contribution in [3.05, 3.63) is 137 Å². The third kappa shape index (κ3) is 6.35. The first-order valence-electron chi connectivity index (χ1n) is 13.1.